The molecule has 0 aliphatic heterocycles. The second-order valence-corrected chi connectivity index (χ2v) is 4.29. The van der Waals surface area contributed by atoms with Crippen LogP contribution >= 0.6 is 11.8 Å². The third kappa shape index (κ3) is 4.67. The zero-order chi connectivity index (χ0) is 10.2. The van der Waals surface area contributed by atoms with Gasteiger partial charge in [-0.1, -0.05) is 18.7 Å². The van der Waals surface area contributed by atoms with E-state index in [2.05, 4.69) is 24.1 Å². The summed E-state index contributed by atoms with van der Waals surface area (Å²) in [7, 11) is 0. The van der Waals surface area contributed by atoms with Gasteiger partial charge in [0.15, 0.2) is 0 Å². The van der Waals surface area contributed by atoms with E-state index in [4.69, 9.17) is 4.42 Å². The van der Waals surface area contributed by atoms with E-state index in [0.29, 0.717) is 6.04 Å². The fraction of sp³-hybridized carbons (Fsp3) is 0.700. The predicted octanol–water partition coefficient (Wildman–Crippen LogP) is 2.54. The Morgan fingerprint density at radius 1 is 1.64 bits per heavy atom. The maximum absolute atomic E-state index is 5.12. The lowest BCUT2D eigenvalue weighted by Gasteiger charge is -2.10. The van der Waals surface area contributed by atoms with Crippen molar-refractivity contribution in [1.82, 2.24) is 10.3 Å². The minimum absolute atomic E-state index is 0.616. The second kappa shape index (κ2) is 6.90. The molecule has 0 spiro atoms. The molecule has 1 heterocycles. The second-order valence-electron chi connectivity index (χ2n) is 3.25. The van der Waals surface area contributed by atoms with Gasteiger partial charge in [0.25, 0.3) is 5.22 Å². The molecule has 1 rings (SSSR count). The number of nitrogens with zero attached hydrogens (tertiary/aromatic N) is 1. The average molecular weight is 214 g/mol. The van der Waals surface area contributed by atoms with Crippen LogP contribution in [0.3, 0.4) is 0 Å². The van der Waals surface area contributed by atoms with Gasteiger partial charge in [-0.3, -0.25) is 0 Å². The minimum atomic E-state index is 0.616. The van der Waals surface area contributed by atoms with Gasteiger partial charge in [0.1, 0.15) is 6.26 Å². The maximum Gasteiger partial charge on any atom is 0.255 e. The quantitative estimate of drug-likeness (QED) is 0.559. The first-order valence-electron chi connectivity index (χ1n) is 5.08. The molecule has 1 unspecified atom stereocenters. The van der Waals surface area contributed by atoms with Gasteiger partial charge in [0, 0.05) is 11.8 Å². The molecule has 14 heavy (non-hydrogen) atoms. The normalized spacial score (nSPS) is 13.0. The number of thioether (sulfide) groups is 1. The molecule has 0 aliphatic rings. The van der Waals surface area contributed by atoms with Crippen LogP contribution in [0, 0.1) is 0 Å². The molecule has 0 fully saturated rings. The molecule has 0 radical (unpaired) electrons. The van der Waals surface area contributed by atoms with Crippen molar-refractivity contribution in [3.63, 3.8) is 0 Å². The molecule has 1 atom stereocenters. The standard InChI is InChI=1S/C10H18N2OS/c1-3-11-9(2)5-4-8-14-10-12-6-7-13-10/h6-7,9,11H,3-5,8H2,1-2H3. The van der Waals surface area contributed by atoms with Crippen LogP contribution in [0.5, 0.6) is 0 Å². The van der Waals surface area contributed by atoms with Crippen LogP contribution in [0.4, 0.5) is 0 Å². The smallest absolute Gasteiger partial charge is 0.255 e. The molecule has 1 aromatic heterocycles. The van der Waals surface area contributed by atoms with Crippen LogP contribution in [-0.2, 0) is 0 Å². The first-order valence-corrected chi connectivity index (χ1v) is 6.07. The van der Waals surface area contributed by atoms with Crippen molar-refractivity contribution in [2.75, 3.05) is 12.3 Å². The van der Waals surface area contributed by atoms with Crippen LogP contribution in [0.15, 0.2) is 22.1 Å². The summed E-state index contributed by atoms with van der Waals surface area (Å²) in [6.07, 6.45) is 5.70. The molecule has 0 aromatic carbocycles. The summed E-state index contributed by atoms with van der Waals surface area (Å²) >= 11 is 1.68. The van der Waals surface area contributed by atoms with Gasteiger partial charge in [-0.25, -0.2) is 4.98 Å². The van der Waals surface area contributed by atoms with E-state index >= 15 is 0 Å². The van der Waals surface area contributed by atoms with Gasteiger partial charge < -0.3 is 9.73 Å². The number of nitrogens with one attached hydrogen (secondary N) is 1. The Bertz CT molecular complexity index is 226. The topological polar surface area (TPSA) is 38.1 Å². The lowest BCUT2D eigenvalue weighted by molar-refractivity contribution is 0.453. The summed E-state index contributed by atoms with van der Waals surface area (Å²) in [5.74, 6) is 1.08. The molecule has 0 bridgehead atoms. The first-order chi connectivity index (χ1) is 6.83. The van der Waals surface area contributed by atoms with Crippen molar-refractivity contribution in [2.24, 2.45) is 0 Å². The van der Waals surface area contributed by atoms with E-state index in [0.717, 1.165) is 17.5 Å². The average Bonchev–Trinajstić information content (AvgIpc) is 2.65. The van der Waals surface area contributed by atoms with Gasteiger partial charge >= 0.3 is 0 Å². The van der Waals surface area contributed by atoms with Crippen LogP contribution in [0.25, 0.3) is 0 Å². The number of aromatic nitrogens is 1. The minimum Gasteiger partial charge on any atom is -0.440 e. The first kappa shape index (κ1) is 11.6. The Hall–Kier alpha value is -0.480. The third-order valence-corrected chi connectivity index (χ3v) is 2.91. The highest BCUT2D eigenvalue weighted by Crippen LogP contribution is 2.16. The summed E-state index contributed by atoms with van der Waals surface area (Å²) < 4.78 is 5.12. The highest BCUT2D eigenvalue weighted by molar-refractivity contribution is 7.99. The van der Waals surface area contributed by atoms with Crippen LogP contribution in [-0.4, -0.2) is 23.3 Å². The fourth-order valence-electron chi connectivity index (χ4n) is 1.28. The van der Waals surface area contributed by atoms with Crippen molar-refractivity contribution < 1.29 is 4.42 Å². The van der Waals surface area contributed by atoms with Gasteiger partial charge in [0.05, 0.1) is 6.20 Å². The Kier molecular flexibility index (Phi) is 5.71. The van der Waals surface area contributed by atoms with Crippen LogP contribution in [0.2, 0.25) is 0 Å². The highest BCUT2D eigenvalue weighted by Gasteiger charge is 2.01. The molecule has 1 N–H and O–H groups in total. The van der Waals surface area contributed by atoms with E-state index in [1.165, 1.54) is 12.8 Å². The number of hydrogen-bond donors (Lipinski definition) is 1. The molecule has 80 valence electrons. The molecule has 0 saturated heterocycles. The zero-order valence-electron chi connectivity index (χ0n) is 8.82. The van der Waals surface area contributed by atoms with Crippen molar-refractivity contribution in [2.45, 2.75) is 38.0 Å². The number of hydrogen-bond acceptors (Lipinski definition) is 4. The van der Waals surface area contributed by atoms with Gasteiger partial charge in [0.2, 0.25) is 0 Å². The van der Waals surface area contributed by atoms with Crippen molar-refractivity contribution in [3.05, 3.63) is 12.5 Å². The Morgan fingerprint density at radius 2 is 2.50 bits per heavy atom. The Labute approximate surface area is 89.7 Å². The largest absolute Gasteiger partial charge is 0.440 e. The maximum atomic E-state index is 5.12. The van der Waals surface area contributed by atoms with Gasteiger partial charge in [-0.15, -0.1) is 0 Å². The molecule has 3 nitrogen and oxygen atoms in total. The van der Waals surface area contributed by atoms with Crippen LogP contribution < -0.4 is 5.32 Å². The molecule has 0 aliphatic carbocycles. The van der Waals surface area contributed by atoms with E-state index < -0.39 is 0 Å². The summed E-state index contributed by atoms with van der Waals surface area (Å²) in [6, 6.07) is 0.616. The van der Waals surface area contributed by atoms with Gasteiger partial charge in [-0.2, -0.15) is 0 Å². The van der Waals surface area contributed by atoms with E-state index in [1.54, 1.807) is 24.2 Å². The van der Waals surface area contributed by atoms with Crippen molar-refractivity contribution >= 4 is 11.8 Å². The molecular weight excluding hydrogens is 196 g/mol. The van der Waals surface area contributed by atoms with Gasteiger partial charge in [-0.05, 0) is 26.3 Å². The monoisotopic (exact) mass is 214 g/mol. The lowest BCUT2D eigenvalue weighted by atomic mass is 10.2. The molecule has 1 aromatic rings. The van der Waals surface area contributed by atoms with E-state index in [9.17, 15) is 0 Å². The van der Waals surface area contributed by atoms with Crippen molar-refractivity contribution in [1.29, 1.82) is 0 Å². The third-order valence-electron chi connectivity index (χ3n) is 1.97. The van der Waals surface area contributed by atoms with Crippen LogP contribution in [0.1, 0.15) is 26.7 Å². The molecular formula is C10H18N2OS. The molecule has 0 saturated carbocycles. The highest BCUT2D eigenvalue weighted by atomic mass is 32.2. The summed E-state index contributed by atoms with van der Waals surface area (Å²) in [5.41, 5.74) is 0. The summed E-state index contributed by atoms with van der Waals surface area (Å²) in [5, 5.41) is 4.17. The lowest BCUT2D eigenvalue weighted by Crippen LogP contribution is -2.25. The summed E-state index contributed by atoms with van der Waals surface area (Å²) in [6.45, 7) is 5.41. The predicted molar refractivity (Wildman–Crippen MR) is 59.6 cm³/mol. The van der Waals surface area contributed by atoms with Crippen molar-refractivity contribution in [3.8, 4) is 0 Å². The molecule has 4 heteroatoms. The van der Waals surface area contributed by atoms with E-state index in [1.807, 2.05) is 0 Å². The van der Waals surface area contributed by atoms with E-state index in [-0.39, 0.29) is 0 Å². The number of oxazole rings is 1. The summed E-state index contributed by atoms with van der Waals surface area (Å²) in [4.78, 5) is 4.05. The molecule has 0 amide bonds. The SMILES string of the molecule is CCNC(C)CCCSc1ncco1. The Morgan fingerprint density at radius 3 is 3.14 bits per heavy atom. The zero-order valence-corrected chi connectivity index (χ0v) is 9.64. The Balaban J connectivity index is 1.99. The fourth-order valence-corrected chi connectivity index (χ4v) is 2.03. The number of rotatable bonds is 7.